The van der Waals surface area contributed by atoms with Gasteiger partial charge in [0.25, 0.3) is 11.5 Å². The number of nitrogens with one attached hydrogen (secondary N) is 1. The van der Waals surface area contributed by atoms with Crippen molar-refractivity contribution in [2.24, 2.45) is 0 Å². The number of ether oxygens (including phenoxy) is 1. The number of rotatable bonds is 7. The highest BCUT2D eigenvalue weighted by Gasteiger charge is 2.12. The van der Waals surface area contributed by atoms with Crippen LogP contribution in [-0.2, 0) is 6.54 Å². The lowest BCUT2D eigenvalue weighted by molar-refractivity contribution is 0.412. The predicted molar refractivity (Wildman–Crippen MR) is 130 cm³/mol. The predicted octanol–water partition coefficient (Wildman–Crippen LogP) is 3.47. The van der Waals surface area contributed by atoms with E-state index in [1.54, 1.807) is 38.2 Å². The van der Waals surface area contributed by atoms with E-state index in [0.29, 0.717) is 11.9 Å². The largest absolute Gasteiger partial charge is 0.496 e. The minimum atomic E-state index is -0.271. The number of nitrogens with zero attached hydrogens (tertiary/aromatic N) is 6. The highest BCUT2D eigenvalue weighted by Crippen LogP contribution is 2.31. The molecule has 0 atom stereocenters. The Labute approximate surface area is 195 Å². The Balaban J connectivity index is 1.39. The molecule has 0 unspecified atom stereocenters. The molecule has 0 saturated heterocycles. The van der Waals surface area contributed by atoms with E-state index in [0.717, 1.165) is 40.1 Å². The lowest BCUT2D eigenvalue weighted by atomic mass is 9.98. The zero-order chi connectivity index (χ0) is 23.5. The summed E-state index contributed by atoms with van der Waals surface area (Å²) in [6.45, 7) is 3.48. The van der Waals surface area contributed by atoms with Crippen LogP contribution in [0.5, 0.6) is 5.75 Å². The van der Waals surface area contributed by atoms with Gasteiger partial charge in [-0.2, -0.15) is 9.78 Å². The van der Waals surface area contributed by atoms with Gasteiger partial charge in [-0.25, -0.2) is 15.0 Å². The van der Waals surface area contributed by atoms with E-state index in [4.69, 9.17) is 4.74 Å². The maximum atomic E-state index is 13.1. The first-order valence-electron chi connectivity index (χ1n) is 10.8. The van der Waals surface area contributed by atoms with E-state index < -0.39 is 0 Å². The van der Waals surface area contributed by atoms with Gasteiger partial charge in [-0.15, -0.1) is 0 Å². The smallest absolute Gasteiger partial charge is 0.282 e. The number of aromatic nitrogens is 6. The molecule has 170 valence electrons. The molecule has 2 aromatic carbocycles. The van der Waals surface area contributed by atoms with Gasteiger partial charge in [-0.05, 0) is 41.8 Å². The highest BCUT2D eigenvalue weighted by molar-refractivity contribution is 5.87. The van der Waals surface area contributed by atoms with E-state index in [1.807, 2.05) is 54.1 Å². The van der Waals surface area contributed by atoms with E-state index in [1.165, 1.54) is 4.68 Å². The van der Waals surface area contributed by atoms with Gasteiger partial charge in [0.2, 0.25) is 0 Å². The van der Waals surface area contributed by atoms with E-state index in [2.05, 4.69) is 25.4 Å². The molecule has 9 heteroatoms. The van der Waals surface area contributed by atoms with Crippen molar-refractivity contribution in [1.82, 2.24) is 29.3 Å². The standard InChI is InChI=1S/C25H23N7O2/c1-17-21(4-3-5-23(17)34-2)18-6-7-22-19(12-18)13-30-32(24(22)33)25-28-14-20(15-29-25)27-9-11-31-10-8-26-16-31/h3-8,10,12-16,27H,9,11H2,1-2H3. The molecule has 34 heavy (non-hydrogen) atoms. The normalized spacial score (nSPS) is 11.0. The van der Waals surface area contributed by atoms with Gasteiger partial charge in [-0.3, -0.25) is 4.79 Å². The van der Waals surface area contributed by atoms with Crippen LogP contribution in [0.25, 0.3) is 27.8 Å². The second kappa shape index (κ2) is 9.14. The fraction of sp³-hybridized carbons (Fsp3) is 0.160. The third kappa shape index (κ3) is 4.11. The molecule has 0 amide bonds. The van der Waals surface area contributed by atoms with E-state index in [-0.39, 0.29) is 11.5 Å². The molecule has 1 N–H and O–H groups in total. The quantitative estimate of drug-likeness (QED) is 0.403. The molecule has 0 aliphatic heterocycles. The Morgan fingerprint density at radius 2 is 1.94 bits per heavy atom. The third-order valence-corrected chi connectivity index (χ3v) is 5.69. The molecular weight excluding hydrogens is 430 g/mol. The minimum absolute atomic E-state index is 0.222. The molecule has 9 nitrogen and oxygen atoms in total. The lowest BCUT2D eigenvalue weighted by Crippen LogP contribution is -2.23. The van der Waals surface area contributed by atoms with Crippen molar-refractivity contribution in [3.05, 3.63) is 89.6 Å². The number of benzene rings is 2. The van der Waals surface area contributed by atoms with Crippen molar-refractivity contribution in [1.29, 1.82) is 0 Å². The molecule has 5 rings (SSSR count). The van der Waals surface area contributed by atoms with Gasteiger partial charge < -0.3 is 14.6 Å². The summed E-state index contributed by atoms with van der Waals surface area (Å²) in [6, 6.07) is 11.6. The summed E-state index contributed by atoms with van der Waals surface area (Å²) in [5.74, 6) is 1.04. The Morgan fingerprint density at radius 3 is 2.71 bits per heavy atom. The van der Waals surface area contributed by atoms with Crippen molar-refractivity contribution in [2.45, 2.75) is 13.5 Å². The summed E-state index contributed by atoms with van der Waals surface area (Å²) in [6.07, 6.45) is 10.4. The highest BCUT2D eigenvalue weighted by atomic mass is 16.5. The molecule has 0 aliphatic rings. The van der Waals surface area contributed by atoms with Crippen molar-refractivity contribution in [3.8, 4) is 22.8 Å². The summed E-state index contributed by atoms with van der Waals surface area (Å²) in [5, 5.41) is 8.86. The zero-order valence-electron chi connectivity index (χ0n) is 18.8. The molecule has 0 fully saturated rings. The van der Waals surface area contributed by atoms with Gasteiger partial charge >= 0.3 is 0 Å². The average molecular weight is 454 g/mol. The van der Waals surface area contributed by atoms with Crippen LogP contribution >= 0.6 is 0 Å². The molecule has 3 aromatic heterocycles. The van der Waals surface area contributed by atoms with Crippen LogP contribution in [0.2, 0.25) is 0 Å². The first-order valence-corrected chi connectivity index (χ1v) is 10.8. The summed E-state index contributed by atoms with van der Waals surface area (Å²) >= 11 is 0. The van der Waals surface area contributed by atoms with Crippen molar-refractivity contribution in [2.75, 3.05) is 19.0 Å². The van der Waals surface area contributed by atoms with E-state index in [9.17, 15) is 4.79 Å². The van der Waals surface area contributed by atoms with Gasteiger partial charge in [0.05, 0.1) is 43.1 Å². The molecule has 0 radical (unpaired) electrons. The Hall–Kier alpha value is -4.53. The van der Waals surface area contributed by atoms with Crippen molar-refractivity contribution < 1.29 is 4.74 Å². The van der Waals surface area contributed by atoms with Crippen LogP contribution in [-0.4, -0.2) is 43.0 Å². The number of imidazole rings is 1. The molecule has 0 bridgehead atoms. The van der Waals surface area contributed by atoms with Gasteiger partial charge in [0.15, 0.2) is 0 Å². The first-order chi connectivity index (χ1) is 16.6. The molecule has 0 spiro atoms. The number of hydrogen-bond acceptors (Lipinski definition) is 7. The summed E-state index contributed by atoms with van der Waals surface area (Å²) in [4.78, 5) is 25.8. The summed E-state index contributed by atoms with van der Waals surface area (Å²) in [7, 11) is 1.66. The second-order valence-electron chi connectivity index (χ2n) is 7.80. The third-order valence-electron chi connectivity index (χ3n) is 5.69. The molecule has 5 aromatic rings. The van der Waals surface area contributed by atoms with Gasteiger partial charge in [-0.1, -0.05) is 18.2 Å². The molecule has 3 heterocycles. The van der Waals surface area contributed by atoms with Crippen molar-refractivity contribution >= 4 is 16.5 Å². The average Bonchev–Trinajstić information content (AvgIpc) is 3.38. The second-order valence-corrected chi connectivity index (χ2v) is 7.80. The SMILES string of the molecule is COc1cccc(-c2ccc3c(=O)n(-c4ncc(NCCn5ccnc5)cn4)ncc3c2)c1C. The minimum Gasteiger partial charge on any atom is -0.496 e. The fourth-order valence-electron chi connectivity index (χ4n) is 3.88. The molecular formula is C25H23N7O2. The lowest BCUT2D eigenvalue weighted by Gasteiger charge is -2.11. The monoisotopic (exact) mass is 453 g/mol. The molecule has 0 aliphatic carbocycles. The van der Waals surface area contributed by atoms with Crippen LogP contribution in [0, 0.1) is 6.92 Å². The summed E-state index contributed by atoms with van der Waals surface area (Å²) in [5.41, 5.74) is 3.57. The summed E-state index contributed by atoms with van der Waals surface area (Å²) < 4.78 is 8.63. The van der Waals surface area contributed by atoms with Crippen LogP contribution < -0.4 is 15.6 Å². The van der Waals surface area contributed by atoms with Gasteiger partial charge in [0.1, 0.15) is 5.75 Å². The number of fused-ring (bicyclic) bond motifs is 1. The first kappa shape index (κ1) is 21.3. The van der Waals surface area contributed by atoms with Crippen LogP contribution in [0.3, 0.4) is 0 Å². The molecule has 0 saturated carbocycles. The van der Waals surface area contributed by atoms with Crippen molar-refractivity contribution in [3.63, 3.8) is 0 Å². The van der Waals surface area contributed by atoms with Crippen LogP contribution in [0.4, 0.5) is 5.69 Å². The zero-order valence-corrected chi connectivity index (χ0v) is 18.8. The fourth-order valence-corrected chi connectivity index (χ4v) is 3.88. The Kier molecular flexibility index (Phi) is 5.73. The maximum Gasteiger partial charge on any atom is 0.282 e. The number of anilines is 1. The Morgan fingerprint density at radius 1 is 1.09 bits per heavy atom. The van der Waals surface area contributed by atoms with Gasteiger partial charge in [0, 0.05) is 30.9 Å². The number of methoxy groups -OCH3 is 1. The topological polar surface area (TPSA) is 99.8 Å². The maximum absolute atomic E-state index is 13.1. The Bertz CT molecular complexity index is 1490. The van der Waals surface area contributed by atoms with Crippen LogP contribution in [0.1, 0.15) is 5.56 Å². The number of hydrogen-bond donors (Lipinski definition) is 1. The van der Waals surface area contributed by atoms with E-state index >= 15 is 0 Å². The van der Waals surface area contributed by atoms with Crippen LogP contribution in [0.15, 0.2) is 78.5 Å².